The van der Waals surface area contributed by atoms with Crippen molar-refractivity contribution < 1.29 is 4.79 Å². The van der Waals surface area contributed by atoms with Gasteiger partial charge in [-0.3, -0.25) is 4.79 Å². The Morgan fingerprint density at radius 3 is 2.78 bits per heavy atom. The van der Waals surface area contributed by atoms with Gasteiger partial charge in [0, 0.05) is 28.6 Å². The Balaban J connectivity index is 1.69. The van der Waals surface area contributed by atoms with Crippen LogP contribution < -0.4 is 5.32 Å². The van der Waals surface area contributed by atoms with Crippen molar-refractivity contribution >= 4 is 34.7 Å². The van der Waals surface area contributed by atoms with Crippen LogP contribution >= 0.6 is 23.1 Å². The molecule has 1 N–H and O–H groups in total. The standard InChI is InChI=1S/C20H24N4OS2/c1-6-15-14(4)26-10-16(15)19-22-23-20(24(19)5)27-11-18(25)21-17-9-12(2)7-8-13(17)3/h7-10H,6,11H2,1-5H3,(H,21,25). The smallest absolute Gasteiger partial charge is 0.234 e. The molecule has 0 radical (unpaired) electrons. The minimum atomic E-state index is -0.0427. The lowest BCUT2D eigenvalue weighted by Crippen LogP contribution is -2.15. The molecule has 0 aliphatic rings. The van der Waals surface area contributed by atoms with E-state index in [1.807, 2.05) is 43.7 Å². The molecule has 27 heavy (non-hydrogen) atoms. The van der Waals surface area contributed by atoms with Crippen molar-refractivity contribution in [2.45, 2.75) is 39.3 Å². The summed E-state index contributed by atoms with van der Waals surface area (Å²) in [6.07, 6.45) is 0.970. The van der Waals surface area contributed by atoms with E-state index >= 15 is 0 Å². The predicted molar refractivity (Wildman–Crippen MR) is 114 cm³/mol. The molecule has 0 bridgehead atoms. The fourth-order valence-electron chi connectivity index (χ4n) is 2.97. The fourth-order valence-corrected chi connectivity index (χ4v) is 4.62. The van der Waals surface area contributed by atoms with Crippen LogP contribution in [0.5, 0.6) is 0 Å². The molecule has 0 unspecified atom stereocenters. The molecule has 1 amide bonds. The summed E-state index contributed by atoms with van der Waals surface area (Å²) in [5.41, 5.74) is 5.50. The maximum atomic E-state index is 12.4. The Hall–Kier alpha value is -2.12. The molecule has 3 aromatic rings. The van der Waals surface area contributed by atoms with E-state index in [4.69, 9.17) is 0 Å². The number of nitrogens with zero attached hydrogens (tertiary/aromatic N) is 3. The normalized spacial score (nSPS) is 11.0. The van der Waals surface area contributed by atoms with Gasteiger partial charge in [-0.25, -0.2) is 0 Å². The van der Waals surface area contributed by atoms with E-state index in [9.17, 15) is 4.79 Å². The van der Waals surface area contributed by atoms with Gasteiger partial charge in [0.1, 0.15) is 0 Å². The van der Waals surface area contributed by atoms with Crippen LogP contribution in [0.2, 0.25) is 0 Å². The van der Waals surface area contributed by atoms with Gasteiger partial charge in [0.2, 0.25) is 5.91 Å². The highest BCUT2D eigenvalue weighted by molar-refractivity contribution is 7.99. The monoisotopic (exact) mass is 400 g/mol. The maximum absolute atomic E-state index is 12.4. The molecule has 0 atom stereocenters. The first-order valence-corrected chi connectivity index (χ1v) is 10.7. The summed E-state index contributed by atoms with van der Waals surface area (Å²) in [7, 11) is 1.95. The van der Waals surface area contributed by atoms with Crippen molar-refractivity contribution in [1.82, 2.24) is 14.8 Å². The number of carbonyl (C=O) groups is 1. The molecule has 142 valence electrons. The van der Waals surface area contributed by atoms with Gasteiger partial charge < -0.3 is 9.88 Å². The topological polar surface area (TPSA) is 59.8 Å². The van der Waals surface area contributed by atoms with Crippen molar-refractivity contribution in [2.24, 2.45) is 7.05 Å². The Labute approximate surface area is 168 Å². The molecule has 5 nitrogen and oxygen atoms in total. The number of thiophene rings is 1. The van der Waals surface area contributed by atoms with Crippen LogP contribution in [0.15, 0.2) is 28.7 Å². The second-order valence-corrected chi connectivity index (χ2v) is 8.58. The molecule has 0 aliphatic carbocycles. The van der Waals surface area contributed by atoms with Crippen LogP contribution in [0.25, 0.3) is 11.4 Å². The number of hydrogen-bond donors (Lipinski definition) is 1. The summed E-state index contributed by atoms with van der Waals surface area (Å²) in [6.45, 7) is 8.30. The van der Waals surface area contributed by atoms with Crippen LogP contribution in [0.3, 0.4) is 0 Å². The molecule has 7 heteroatoms. The molecule has 1 aromatic carbocycles. The van der Waals surface area contributed by atoms with Crippen molar-refractivity contribution in [3.05, 3.63) is 45.1 Å². The second kappa shape index (κ2) is 8.27. The zero-order valence-corrected chi connectivity index (χ0v) is 17.9. The highest BCUT2D eigenvalue weighted by Crippen LogP contribution is 2.32. The summed E-state index contributed by atoms with van der Waals surface area (Å²) in [6, 6.07) is 6.04. The first-order chi connectivity index (χ1) is 12.9. The number of aromatic nitrogens is 3. The van der Waals surface area contributed by atoms with Gasteiger partial charge in [-0.2, -0.15) is 0 Å². The summed E-state index contributed by atoms with van der Waals surface area (Å²) in [5, 5.41) is 14.5. The minimum Gasteiger partial charge on any atom is -0.325 e. The third kappa shape index (κ3) is 4.25. The lowest BCUT2D eigenvalue weighted by atomic mass is 10.1. The average Bonchev–Trinajstić information content (AvgIpc) is 3.18. The molecule has 3 rings (SSSR count). The predicted octanol–water partition coefficient (Wildman–Crippen LogP) is 4.76. The molecular weight excluding hydrogens is 376 g/mol. The number of hydrogen-bond acceptors (Lipinski definition) is 5. The minimum absolute atomic E-state index is 0.0427. The third-order valence-corrected chi connectivity index (χ3v) is 6.51. The largest absolute Gasteiger partial charge is 0.325 e. The van der Waals surface area contributed by atoms with Gasteiger partial charge in [-0.05, 0) is 49.9 Å². The van der Waals surface area contributed by atoms with E-state index in [-0.39, 0.29) is 5.91 Å². The lowest BCUT2D eigenvalue weighted by molar-refractivity contribution is -0.113. The molecule has 0 aliphatic heterocycles. The third-order valence-electron chi connectivity index (χ3n) is 4.53. The Bertz CT molecular complexity index is 975. The number of carbonyl (C=O) groups excluding carboxylic acids is 1. The van der Waals surface area contributed by atoms with Crippen LogP contribution in [0, 0.1) is 20.8 Å². The SMILES string of the molecule is CCc1c(-c2nnc(SCC(=O)Nc3cc(C)ccc3C)n2C)csc1C. The zero-order valence-electron chi connectivity index (χ0n) is 16.3. The first-order valence-electron chi connectivity index (χ1n) is 8.87. The van der Waals surface area contributed by atoms with E-state index in [1.165, 1.54) is 22.2 Å². The van der Waals surface area contributed by atoms with Crippen molar-refractivity contribution in [3.63, 3.8) is 0 Å². The molecule has 0 spiro atoms. The van der Waals surface area contributed by atoms with Gasteiger partial charge in [0.15, 0.2) is 11.0 Å². The zero-order chi connectivity index (χ0) is 19.6. The highest BCUT2D eigenvalue weighted by atomic mass is 32.2. The Morgan fingerprint density at radius 2 is 2.04 bits per heavy atom. The summed E-state index contributed by atoms with van der Waals surface area (Å²) in [5.74, 6) is 1.11. The summed E-state index contributed by atoms with van der Waals surface area (Å²) < 4.78 is 1.97. The van der Waals surface area contributed by atoms with Crippen molar-refractivity contribution in [1.29, 1.82) is 0 Å². The molecule has 2 aromatic heterocycles. The van der Waals surface area contributed by atoms with E-state index in [1.54, 1.807) is 11.3 Å². The van der Waals surface area contributed by atoms with E-state index in [0.717, 1.165) is 39.8 Å². The summed E-state index contributed by atoms with van der Waals surface area (Å²) in [4.78, 5) is 13.7. The fraction of sp³-hybridized carbons (Fsp3) is 0.350. The van der Waals surface area contributed by atoms with Crippen molar-refractivity contribution in [3.8, 4) is 11.4 Å². The number of nitrogens with one attached hydrogen (secondary N) is 1. The number of thioether (sulfide) groups is 1. The average molecular weight is 401 g/mol. The Morgan fingerprint density at radius 1 is 1.26 bits per heavy atom. The van der Waals surface area contributed by atoms with E-state index < -0.39 is 0 Å². The number of rotatable bonds is 6. The molecule has 2 heterocycles. The van der Waals surface area contributed by atoms with Gasteiger partial charge in [0.05, 0.1) is 5.75 Å². The number of benzene rings is 1. The van der Waals surface area contributed by atoms with Crippen LogP contribution in [-0.2, 0) is 18.3 Å². The van der Waals surface area contributed by atoms with Crippen LogP contribution in [0.4, 0.5) is 5.69 Å². The lowest BCUT2D eigenvalue weighted by Gasteiger charge is -2.09. The Kier molecular flexibility index (Phi) is 6.01. The van der Waals surface area contributed by atoms with Gasteiger partial charge in [0.25, 0.3) is 0 Å². The molecular formula is C20H24N4OS2. The molecule has 0 saturated carbocycles. The second-order valence-electron chi connectivity index (χ2n) is 6.56. The first kappa shape index (κ1) is 19.6. The van der Waals surface area contributed by atoms with Gasteiger partial charge >= 0.3 is 0 Å². The van der Waals surface area contributed by atoms with Crippen molar-refractivity contribution in [2.75, 3.05) is 11.1 Å². The number of amides is 1. The molecule has 0 saturated heterocycles. The van der Waals surface area contributed by atoms with Gasteiger partial charge in [-0.15, -0.1) is 21.5 Å². The van der Waals surface area contributed by atoms with Gasteiger partial charge in [-0.1, -0.05) is 30.8 Å². The number of anilines is 1. The highest BCUT2D eigenvalue weighted by Gasteiger charge is 2.17. The van der Waals surface area contributed by atoms with Crippen LogP contribution in [0.1, 0.15) is 28.5 Å². The van der Waals surface area contributed by atoms with Crippen LogP contribution in [-0.4, -0.2) is 26.4 Å². The number of aryl methyl sites for hydroxylation is 3. The summed E-state index contributed by atoms with van der Waals surface area (Å²) >= 11 is 3.14. The maximum Gasteiger partial charge on any atom is 0.234 e. The van der Waals surface area contributed by atoms with E-state index in [2.05, 4.69) is 34.7 Å². The van der Waals surface area contributed by atoms with E-state index in [0.29, 0.717) is 5.75 Å². The quantitative estimate of drug-likeness (QED) is 0.606. The molecule has 0 fully saturated rings.